The molecule has 0 fully saturated rings. The smallest absolute Gasteiger partial charge is 0.333 e. The summed E-state index contributed by atoms with van der Waals surface area (Å²) in [5, 5.41) is 17.6. The molecule has 12 heteroatoms. The highest BCUT2D eigenvalue weighted by molar-refractivity contribution is 6.28. The average Bonchev–Trinajstić information content (AvgIpc) is 3.22. The number of nitrogens with one attached hydrogen (secondary N) is 1. The van der Waals surface area contributed by atoms with Crippen LogP contribution in [0.3, 0.4) is 0 Å². The maximum absolute atomic E-state index is 12.9. The molecule has 0 aliphatic heterocycles. The Morgan fingerprint density at radius 1 is 1.13 bits per heavy atom. The van der Waals surface area contributed by atoms with Gasteiger partial charge < -0.3 is 9.13 Å². The fourth-order valence-corrected chi connectivity index (χ4v) is 3.51. The van der Waals surface area contributed by atoms with E-state index in [2.05, 4.69) is 15.0 Å². The highest BCUT2D eigenvalue weighted by atomic mass is 35.5. The van der Waals surface area contributed by atoms with Gasteiger partial charge >= 0.3 is 6.18 Å². The minimum absolute atomic E-state index is 0.0651. The largest absolute Gasteiger partial charge is 0.434 e. The van der Waals surface area contributed by atoms with Crippen LogP contribution in [0.4, 0.5) is 13.2 Å². The Bertz CT molecular complexity index is 1400. The molecule has 0 amide bonds. The van der Waals surface area contributed by atoms with Crippen LogP contribution in [0.5, 0.6) is 0 Å². The van der Waals surface area contributed by atoms with Gasteiger partial charge in [-0.3, -0.25) is 9.98 Å². The zero-order valence-electron chi connectivity index (χ0n) is 16.2. The first-order valence-electron chi connectivity index (χ1n) is 8.87. The van der Waals surface area contributed by atoms with Crippen molar-refractivity contribution in [1.29, 1.82) is 10.7 Å². The van der Waals surface area contributed by atoms with Gasteiger partial charge in [0, 0.05) is 25.9 Å². The normalized spacial score (nSPS) is 11.8. The van der Waals surface area contributed by atoms with Crippen LogP contribution in [0.25, 0.3) is 22.6 Å². The van der Waals surface area contributed by atoms with Gasteiger partial charge in [-0.05, 0) is 17.2 Å². The molecule has 0 radical (unpaired) electrons. The van der Waals surface area contributed by atoms with Gasteiger partial charge in [0.2, 0.25) is 10.9 Å². The van der Waals surface area contributed by atoms with Crippen LogP contribution in [0, 0.1) is 16.7 Å². The van der Waals surface area contributed by atoms with Gasteiger partial charge in [0.25, 0.3) is 0 Å². The van der Waals surface area contributed by atoms with E-state index >= 15 is 0 Å². The molecule has 8 nitrogen and oxygen atoms in total. The molecule has 0 unspecified atom stereocenters. The second-order valence-corrected chi connectivity index (χ2v) is 7.19. The molecule has 1 aromatic carbocycles. The van der Waals surface area contributed by atoms with Crippen LogP contribution >= 0.6 is 11.6 Å². The number of hydrogen-bond donors (Lipinski definition) is 1. The number of nitriles is 1. The highest BCUT2D eigenvalue weighted by Gasteiger charge is 2.34. The number of imidazole rings is 2. The summed E-state index contributed by atoms with van der Waals surface area (Å²) >= 11 is 5.93. The van der Waals surface area contributed by atoms with Gasteiger partial charge in [0.15, 0.2) is 17.0 Å². The maximum atomic E-state index is 12.9. The van der Waals surface area contributed by atoms with Crippen LogP contribution in [0.1, 0.15) is 17.0 Å². The molecule has 1 N–H and O–H groups in total. The topological polar surface area (TPSA) is 101 Å². The predicted molar refractivity (Wildman–Crippen MR) is 105 cm³/mol. The molecular formula is C19H14ClF3N8. The van der Waals surface area contributed by atoms with Crippen molar-refractivity contribution in [1.82, 2.24) is 28.7 Å². The summed E-state index contributed by atoms with van der Waals surface area (Å²) in [4.78, 5) is 11.8. The van der Waals surface area contributed by atoms with E-state index in [9.17, 15) is 18.4 Å². The van der Waals surface area contributed by atoms with E-state index in [1.807, 2.05) is 6.07 Å². The number of aryl methyl sites for hydroxylation is 2. The molecule has 4 aromatic rings. The fraction of sp³-hybridized carbons (Fsp3) is 0.211. The zero-order chi connectivity index (χ0) is 22.5. The standard InChI is InChI=1S/C19H14ClF3N8/c1-29-9-13(19(21,22)23)27-15(29)11-5-3-10(4-6-11)8-31-16-14(30(2)18(31)25)12(7-24)26-17(20)28-16/h3-6,9,25H,8H2,1-2H3. The number of aromatic nitrogens is 6. The Hall–Kier alpha value is -3.65. The Kier molecular flexibility index (Phi) is 4.82. The van der Waals surface area contributed by atoms with Crippen molar-refractivity contribution in [3.8, 4) is 17.5 Å². The summed E-state index contributed by atoms with van der Waals surface area (Å²) in [7, 11) is 3.13. The van der Waals surface area contributed by atoms with Gasteiger partial charge in [-0.25, -0.2) is 9.97 Å². The van der Waals surface area contributed by atoms with Gasteiger partial charge in [-0.15, -0.1) is 0 Å². The quantitative estimate of drug-likeness (QED) is 0.488. The lowest BCUT2D eigenvalue weighted by Gasteiger charge is -2.07. The van der Waals surface area contributed by atoms with E-state index in [1.54, 1.807) is 35.9 Å². The number of fused-ring (bicyclic) bond motifs is 1. The Labute approximate surface area is 178 Å². The molecule has 0 atom stereocenters. The maximum Gasteiger partial charge on any atom is 0.434 e. The molecule has 0 bridgehead atoms. The summed E-state index contributed by atoms with van der Waals surface area (Å²) in [5.41, 5.74) is 1.22. The first-order valence-corrected chi connectivity index (χ1v) is 9.25. The minimum atomic E-state index is -4.52. The number of alkyl halides is 3. The summed E-state index contributed by atoms with van der Waals surface area (Å²) < 4.78 is 43.1. The lowest BCUT2D eigenvalue weighted by Crippen LogP contribution is -2.23. The van der Waals surface area contributed by atoms with Gasteiger partial charge in [-0.2, -0.15) is 23.4 Å². The Morgan fingerprint density at radius 3 is 2.39 bits per heavy atom. The molecule has 3 heterocycles. The predicted octanol–water partition coefficient (Wildman–Crippen LogP) is 3.24. The number of rotatable bonds is 3. The van der Waals surface area contributed by atoms with Crippen LogP contribution < -0.4 is 5.62 Å². The SMILES string of the molecule is Cn1cc(C(F)(F)F)nc1-c1ccc(Cn2c(=N)n(C)c3c(C#N)nc(Cl)nc32)cc1. The molecular weight excluding hydrogens is 433 g/mol. The van der Waals surface area contributed by atoms with Crippen molar-refractivity contribution in [2.75, 3.05) is 0 Å². The summed E-state index contributed by atoms with van der Waals surface area (Å²) in [6.45, 7) is 0.239. The van der Waals surface area contributed by atoms with Crippen molar-refractivity contribution in [2.45, 2.75) is 12.7 Å². The van der Waals surface area contributed by atoms with E-state index in [-0.39, 0.29) is 29.0 Å². The van der Waals surface area contributed by atoms with Gasteiger partial charge in [0.1, 0.15) is 17.4 Å². The molecule has 0 saturated heterocycles. The monoisotopic (exact) mass is 446 g/mol. The first kappa shape index (κ1) is 20.6. The molecule has 31 heavy (non-hydrogen) atoms. The molecule has 4 rings (SSSR count). The Morgan fingerprint density at radius 2 is 1.81 bits per heavy atom. The Balaban J connectivity index is 1.71. The third-order valence-electron chi connectivity index (χ3n) is 4.83. The number of nitrogens with zero attached hydrogens (tertiary/aromatic N) is 7. The molecule has 3 aromatic heterocycles. The first-order chi connectivity index (χ1) is 14.6. The third kappa shape index (κ3) is 3.55. The number of benzene rings is 1. The molecule has 0 saturated carbocycles. The van der Waals surface area contributed by atoms with Crippen molar-refractivity contribution in [3.05, 3.63) is 58.3 Å². The van der Waals surface area contributed by atoms with E-state index in [1.165, 1.54) is 16.2 Å². The van der Waals surface area contributed by atoms with Gasteiger partial charge in [-0.1, -0.05) is 24.3 Å². The van der Waals surface area contributed by atoms with Crippen LogP contribution in [-0.4, -0.2) is 28.7 Å². The second kappa shape index (κ2) is 7.24. The third-order valence-corrected chi connectivity index (χ3v) is 5.00. The molecule has 0 spiro atoms. The summed E-state index contributed by atoms with van der Waals surface area (Å²) in [6.07, 6.45) is -3.57. The van der Waals surface area contributed by atoms with Crippen molar-refractivity contribution in [3.63, 3.8) is 0 Å². The van der Waals surface area contributed by atoms with E-state index in [4.69, 9.17) is 17.0 Å². The molecule has 0 aliphatic carbocycles. The number of hydrogen-bond acceptors (Lipinski definition) is 5. The lowest BCUT2D eigenvalue weighted by molar-refractivity contribution is -0.140. The lowest BCUT2D eigenvalue weighted by atomic mass is 10.1. The fourth-order valence-electron chi connectivity index (χ4n) is 3.34. The minimum Gasteiger partial charge on any atom is -0.333 e. The second-order valence-electron chi connectivity index (χ2n) is 6.85. The van der Waals surface area contributed by atoms with E-state index < -0.39 is 11.9 Å². The summed E-state index contributed by atoms with van der Waals surface area (Å²) in [6, 6.07) is 8.75. The van der Waals surface area contributed by atoms with Gasteiger partial charge in [0.05, 0.1) is 6.54 Å². The highest BCUT2D eigenvalue weighted by Crippen LogP contribution is 2.30. The van der Waals surface area contributed by atoms with Crippen LogP contribution in [-0.2, 0) is 26.8 Å². The van der Waals surface area contributed by atoms with E-state index in [0.717, 1.165) is 11.8 Å². The van der Waals surface area contributed by atoms with Crippen LogP contribution in [0.2, 0.25) is 5.28 Å². The number of halogens is 4. The van der Waals surface area contributed by atoms with Crippen molar-refractivity contribution >= 4 is 22.8 Å². The molecule has 158 valence electrons. The zero-order valence-corrected chi connectivity index (χ0v) is 17.0. The van der Waals surface area contributed by atoms with E-state index in [0.29, 0.717) is 16.7 Å². The summed E-state index contributed by atoms with van der Waals surface area (Å²) in [5.74, 6) is 0.191. The van der Waals surface area contributed by atoms with Crippen molar-refractivity contribution in [2.24, 2.45) is 14.1 Å². The van der Waals surface area contributed by atoms with Crippen molar-refractivity contribution < 1.29 is 13.2 Å². The van der Waals surface area contributed by atoms with Crippen LogP contribution in [0.15, 0.2) is 30.5 Å². The molecule has 0 aliphatic rings. The average molecular weight is 447 g/mol.